The first-order valence-corrected chi connectivity index (χ1v) is 10.3. The van der Waals surface area contributed by atoms with Crippen LogP contribution in [0.15, 0.2) is 24.4 Å². The second-order valence-electron chi connectivity index (χ2n) is 6.40. The summed E-state index contributed by atoms with van der Waals surface area (Å²) in [5, 5.41) is 7.64. The molecule has 0 aliphatic carbocycles. The minimum Gasteiger partial charge on any atom is -0.323 e. The fourth-order valence-electron chi connectivity index (χ4n) is 3.08. The van der Waals surface area contributed by atoms with Crippen molar-refractivity contribution in [2.24, 2.45) is 7.05 Å². The van der Waals surface area contributed by atoms with Crippen LogP contribution in [0.1, 0.15) is 23.7 Å². The molecule has 27 heavy (non-hydrogen) atoms. The zero-order chi connectivity index (χ0) is 19.9. The third-order valence-corrected chi connectivity index (χ3v) is 6.63. The van der Waals surface area contributed by atoms with Crippen LogP contribution >= 0.6 is 23.2 Å². The Morgan fingerprint density at radius 3 is 2.63 bits per heavy atom. The highest BCUT2D eigenvalue weighted by atomic mass is 35.5. The number of aromatic nitrogens is 2. The van der Waals surface area contributed by atoms with Crippen LogP contribution in [0.3, 0.4) is 0 Å². The van der Waals surface area contributed by atoms with Gasteiger partial charge in [-0.05, 0) is 31.5 Å². The summed E-state index contributed by atoms with van der Waals surface area (Å²) in [6.07, 6.45) is 2.00. The molecule has 1 fully saturated rings. The molecule has 0 radical (unpaired) electrons. The molecule has 1 aromatic carbocycles. The number of nitrogens with zero attached hydrogens (tertiary/aromatic N) is 3. The minimum atomic E-state index is -3.84. The maximum Gasteiger partial charge on any atom is 0.280 e. The van der Waals surface area contributed by atoms with Gasteiger partial charge in [0, 0.05) is 30.9 Å². The largest absolute Gasteiger partial charge is 0.323 e. The first-order chi connectivity index (χ1) is 12.6. The van der Waals surface area contributed by atoms with E-state index >= 15 is 0 Å². The molecule has 1 aromatic heterocycles. The molecule has 2 atom stereocenters. The molecule has 1 amide bonds. The Balaban J connectivity index is 1.88. The van der Waals surface area contributed by atoms with Gasteiger partial charge < -0.3 is 5.32 Å². The van der Waals surface area contributed by atoms with Crippen molar-refractivity contribution in [1.82, 2.24) is 18.8 Å². The van der Waals surface area contributed by atoms with Crippen molar-refractivity contribution in [2.45, 2.75) is 25.4 Å². The van der Waals surface area contributed by atoms with E-state index in [4.69, 9.17) is 23.2 Å². The molecular formula is C16H19Cl2N5O3S. The van der Waals surface area contributed by atoms with Crippen LogP contribution in [0.25, 0.3) is 0 Å². The lowest BCUT2D eigenvalue weighted by Crippen LogP contribution is -2.56. The van der Waals surface area contributed by atoms with Crippen molar-refractivity contribution in [3.05, 3.63) is 45.7 Å². The molecule has 1 aliphatic rings. The van der Waals surface area contributed by atoms with Crippen LogP contribution in [0, 0.1) is 6.92 Å². The summed E-state index contributed by atoms with van der Waals surface area (Å²) in [6, 6.07) is 3.20. The average Bonchev–Trinajstić information content (AvgIpc) is 2.91. The highest BCUT2D eigenvalue weighted by Gasteiger charge is 2.41. The van der Waals surface area contributed by atoms with Crippen molar-refractivity contribution in [3.8, 4) is 0 Å². The number of benzene rings is 1. The number of carbonyl (C=O) groups excluding carboxylic acids is 1. The van der Waals surface area contributed by atoms with Gasteiger partial charge in [-0.3, -0.25) is 9.48 Å². The summed E-state index contributed by atoms with van der Waals surface area (Å²) in [4.78, 5) is 12.8. The third kappa shape index (κ3) is 4.12. The number of carbonyl (C=O) groups is 1. The molecule has 1 saturated heterocycles. The van der Waals surface area contributed by atoms with Gasteiger partial charge >= 0.3 is 0 Å². The molecule has 1 aliphatic heterocycles. The predicted octanol–water partition coefficient (Wildman–Crippen LogP) is 2.25. The van der Waals surface area contributed by atoms with E-state index in [1.54, 1.807) is 37.0 Å². The average molecular weight is 432 g/mol. The summed E-state index contributed by atoms with van der Waals surface area (Å²) >= 11 is 12.0. The quantitative estimate of drug-likeness (QED) is 0.778. The van der Waals surface area contributed by atoms with E-state index in [1.165, 1.54) is 13.1 Å². The minimum absolute atomic E-state index is 0.249. The van der Waals surface area contributed by atoms with Gasteiger partial charge in [-0.15, -0.1) is 0 Å². The zero-order valence-corrected chi connectivity index (χ0v) is 17.2. The molecular weight excluding hydrogens is 413 g/mol. The molecule has 8 nitrogen and oxygen atoms in total. The molecule has 2 aromatic rings. The van der Waals surface area contributed by atoms with Gasteiger partial charge in [0.15, 0.2) is 0 Å². The van der Waals surface area contributed by atoms with Crippen molar-refractivity contribution in [3.63, 3.8) is 0 Å². The number of anilines is 1. The first-order valence-electron chi connectivity index (χ1n) is 8.10. The molecule has 2 heterocycles. The maximum absolute atomic E-state index is 12.8. The van der Waals surface area contributed by atoms with Crippen LogP contribution in [-0.4, -0.2) is 41.5 Å². The van der Waals surface area contributed by atoms with Crippen molar-refractivity contribution in [1.29, 1.82) is 0 Å². The molecule has 146 valence electrons. The Morgan fingerprint density at radius 1 is 1.33 bits per heavy atom. The Bertz CT molecular complexity index is 992. The van der Waals surface area contributed by atoms with E-state index in [9.17, 15) is 13.2 Å². The SMILES string of the molecule is Cc1nn(C)cc1[C@@H]1C[C@@H](C(=O)Nc2ccc(Cl)cc2Cl)N(C)S(=O)(=O)N1. The van der Waals surface area contributed by atoms with Crippen molar-refractivity contribution < 1.29 is 13.2 Å². The summed E-state index contributed by atoms with van der Waals surface area (Å²) in [5.41, 5.74) is 1.80. The Kier molecular flexibility index (Phi) is 5.51. The summed E-state index contributed by atoms with van der Waals surface area (Å²) in [7, 11) is -0.718. The van der Waals surface area contributed by atoms with Gasteiger partial charge in [-0.1, -0.05) is 23.2 Å². The number of amides is 1. The number of likely N-dealkylation sites (N-methyl/N-ethyl adjacent to an activating group) is 1. The van der Waals surface area contributed by atoms with Gasteiger partial charge in [-0.25, -0.2) is 0 Å². The van der Waals surface area contributed by atoms with Crippen LogP contribution in [0.4, 0.5) is 5.69 Å². The second-order valence-corrected chi connectivity index (χ2v) is 9.01. The van der Waals surface area contributed by atoms with Crippen molar-refractivity contribution in [2.75, 3.05) is 12.4 Å². The molecule has 3 rings (SSSR count). The Labute approximate surface area is 167 Å². The standard InChI is InChI=1S/C16H19Cl2N5O3S/c1-9-11(8-22(2)20-9)14-7-15(23(3)27(25,26)21-14)16(24)19-13-5-4-10(17)6-12(13)18/h4-6,8,14-15,21H,7H2,1-3H3,(H,19,24)/t14-,15-/m0/s1. The van der Waals surface area contributed by atoms with E-state index in [1.807, 2.05) is 0 Å². The first kappa shape index (κ1) is 20.1. The number of rotatable bonds is 3. The molecule has 0 bridgehead atoms. The summed E-state index contributed by atoms with van der Waals surface area (Å²) < 4.78 is 30.3. The number of hydrogen-bond acceptors (Lipinski definition) is 4. The van der Waals surface area contributed by atoms with Crippen molar-refractivity contribution >= 4 is 45.0 Å². The van der Waals surface area contributed by atoms with Gasteiger partial charge in [0.05, 0.1) is 22.4 Å². The summed E-state index contributed by atoms with van der Waals surface area (Å²) in [6.45, 7) is 1.80. The molecule has 0 saturated carbocycles. The highest BCUT2D eigenvalue weighted by molar-refractivity contribution is 7.87. The van der Waals surface area contributed by atoms with Crippen LogP contribution < -0.4 is 10.0 Å². The molecule has 0 unspecified atom stereocenters. The van der Waals surface area contributed by atoms with Gasteiger partial charge in [0.2, 0.25) is 5.91 Å². The van der Waals surface area contributed by atoms with E-state index in [0.717, 1.165) is 9.87 Å². The van der Waals surface area contributed by atoms with Gasteiger partial charge in [0.25, 0.3) is 10.2 Å². The Hall–Kier alpha value is -1.65. The smallest absolute Gasteiger partial charge is 0.280 e. The van der Waals surface area contributed by atoms with E-state index in [0.29, 0.717) is 16.4 Å². The van der Waals surface area contributed by atoms with Gasteiger partial charge in [0.1, 0.15) is 6.04 Å². The number of halogens is 2. The van der Waals surface area contributed by atoms with E-state index in [-0.39, 0.29) is 11.4 Å². The van der Waals surface area contributed by atoms with Crippen LogP contribution in [0.5, 0.6) is 0 Å². The monoisotopic (exact) mass is 431 g/mol. The maximum atomic E-state index is 12.8. The Morgan fingerprint density at radius 2 is 2.04 bits per heavy atom. The molecule has 0 spiro atoms. The topological polar surface area (TPSA) is 96.3 Å². The van der Waals surface area contributed by atoms with Gasteiger partial charge in [-0.2, -0.15) is 22.5 Å². The van der Waals surface area contributed by atoms with Crippen LogP contribution in [-0.2, 0) is 22.1 Å². The lowest BCUT2D eigenvalue weighted by Gasteiger charge is -2.36. The van der Waals surface area contributed by atoms with E-state index < -0.39 is 28.2 Å². The molecule has 11 heteroatoms. The lowest BCUT2D eigenvalue weighted by molar-refractivity contribution is -0.120. The zero-order valence-electron chi connectivity index (χ0n) is 14.9. The fraction of sp³-hybridized carbons (Fsp3) is 0.375. The summed E-state index contributed by atoms with van der Waals surface area (Å²) in [5.74, 6) is -0.474. The fourth-order valence-corrected chi connectivity index (χ4v) is 4.80. The highest BCUT2D eigenvalue weighted by Crippen LogP contribution is 2.31. The van der Waals surface area contributed by atoms with E-state index in [2.05, 4.69) is 15.1 Å². The second kappa shape index (κ2) is 7.40. The number of hydrogen-bond donors (Lipinski definition) is 2. The lowest BCUT2D eigenvalue weighted by atomic mass is 10.00. The number of nitrogens with one attached hydrogen (secondary N) is 2. The predicted molar refractivity (Wildman–Crippen MR) is 104 cm³/mol. The number of aryl methyl sites for hydroxylation is 2. The van der Waals surface area contributed by atoms with Crippen LogP contribution in [0.2, 0.25) is 10.0 Å². The third-order valence-electron chi connectivity index (χ3n) is 4.49. The molecule has 2 N–H and O–H groups in total. The normalized spacial score (nSPS) is 22.6.